The average molecular weight is 228 g/mol. The van der Waals surface area contributed by atoms with Crippen molar-refractivity contribution in [2.75, 3.05) is 39.4 Å². The molecular formula is C13H28N2O. The zero-order valence-corrected chi connectivity index (χ0v) is 11.0. The Hall–Kier alpha value is -0.120. The van der Waals surface area contributed by atoms with E-state index in [0.29, 0.717) is 5.92 Å². The molecule has 0 radical (unpaired) electrons. The summed E-state index contributed by atoms with van der Waals surface area (Å²) in [5.74, 6) is 1.44. The van der Waals surface area contributed by atoms with E-state index >= 15 is 0 Å². The highest BCUT2D eigenvalue weighted by atomic mass is 16.5. The summed E-state index contributed by atoms with van der Waals surface area (Å²) in [5, 5.41) is 0. The number of hydrogen-bond acceptors (Lipinski definition) is 3. The molecule has 0 bridgehead atoms. The van der Waals surface area contributed by atoms with Crippen molar-refractivity contribution in [3.8, 4) is 0 Å². The minimum Gasteiger partial charge on any atom is -0.380 e. The maximum absolute atomic E-state index is 5.79. The van der Waals surface area contributed by atoms with E-state index in [-0.39, 0.29) is 0 Å². The van der Waals surface area contributed by atoms with Gasteiger partial charge in [0.05, 0.1) is 6.61 Å². The highest BCUT2D eigenvalue weighted by molar-refractivity contribution is 4.77. The minimum absolute atomic E-state index is 0.716. The molecule has 0 aromatic heterocycles. The maximum atomic E-state index is 5.79. The van der Waals surface area contributed by atoms with Gasteiger partial charge in [0, 0.05) is 13.2 Å². The van der Waals surface area contributed by atoms with E-state index in [1.165, 1.54) is 19.3 Å². The Morgan fingerprint density at radius 3 is 2.50 bits per heavy atom. The fourth-order valence-electron chi connectivity index (χ4n) is 2.61. The van der Waals surface area contributed by atoms with Gasteiger partial charge in [0.25, 0.3) is 0 Å². The molecule has 3 heteroatoms. The second-order valence-electron chi connectivity index (χ2n) is 4.79. The van der Waals surface area contributed by atoms with Crippen LogP contribution < -0.4 is 5.73 Å². The molecule has 0 saturated heterocycles. The number of hydrogen-bond donors (Lipinski definition) is 1. The molecule has 0 aromatic rings. The summed E-state index contributed by atoms with van der Waals surface area (Å²) in [6, 6.07) is 0. The first-order chi connectivity index (χ1) is 7.81. The molecule has 16 heavy (non-hydrogen) atoms. The zero-order valence-electron chi connectivity index (χ0n) is 11.0. The third-order valence-corrected chi connectivity index (χ3v) is 3.90. The van der Waals surface area contributed by atoms with Gasteiger partial charge in [-0.05, 0) is 44.3 Å². The van der Waals surface area contributed by atoms with Crippen LogP contribution in [0.2, 0.25) is 0 Å². The Morgan fingerprint density at radius 1 is 1.19 bits per heavy atom. The van der Waals surface area contributed by atoms with Gasteiger partial charge in [0.15, 0.2) is 0 Å². The number of likely N-dealkylation sites (N-methyl/N-ethyl adjacent to an activating group) is 1. The molecule has 96 valence electrons. The quantitative estimate of drug-likeness (QED) is 0.643. The Morgan fingerprint density at radius 2 is 1.88 bits per heavy atom. The smallest absolute Gasteiger partial charge is 0.0593 e. The van der Waals surface area contributed by atoms with E-state index in [1.54, 1.807) is 0 Å². The molecule has 1 saturated carbocycles. The van der Waals surface area contributed by atoms with Crippen molar-refractivity contribution in [3.05, 3.63) is 0 Å². The van der Waals surface area contributed by atoms with Crippen LogP contribution in [0.15, 0.2) is 0 Å². The van der Waals surface area contributed by atoms with Crippen LogP contribution in [0.5, 0.6) is 0 Å². The molecule has 1 aliphatic rings. The molecule has 1 rings (SSSR count). The van der Waals surface area contributed by atoms with Gasteiger partial charge in [-0.1, -0.05) is 20.3 Å². The van der Waals surface area contributed by atoms with Crippen LogP contribution in [0.4, 0.5) is 0 Å². The Labute approximate surface area is 100 Å². The van der Waals surface area contributed by atoms with Crippen molar-refractivity contribution >= 4 is 0 Å². The molecule has 2 N–H and O–H groups in total. The van der Waals surface area contributed by atoms with Crippen molar-refractivity contribution in [1.82, 2.24) is 4.90 Å². The Bertz CT molecular complexity index is 171. The number of ether oxygens (including phenoxy) is 1. The van der Waals surface area contributed by atoms with E-state index in [9.17, 15) is 0 Å². The summed E-state index contributed by atoms with van der Waals surface area (Å²) < 4.78 is 5.79. The highest BCUT2D eigenvalue weighted by Gasteiger charge is 2.25. The van der Waals surface area contributed by atoms with Crippen LogP contribution in [0, 0.1) is 11.8 Å². The molecule has 1 fully saturated rings. The fourth-order valence-corrected chi connectivity index (χ4v) is 2.61. The summed E-state index contributed by atoms with van der Waals surface area (Å²) >= 11 is 0. The third kappa shape index (κ3) is 4.40. The summed E-state index contributed by atoms with van der Waals surface area (Å²) in [6.45, 7) is 10.3. The fraction of sp³-hybridized carbons (Fsp3) is 1.00. The second-order valence-corrected chi connectivity index (χ2v) is 4.79. The normalized spacial score (nSPS) is 25.5. The van der Waals surface area contributed by atoms with Crippen molar-refractivity contribution in [2.45, 2.75) is 33.1 Å². The number of rotatable bonds is 8. The largest absolute Gasteiger partial charge is 0.380 e. The van der Waals surface area contributed by atoms with E-state index in [4.69, 9.17) is 10.5 Å². The first-order valence-corrected chi connectivity index (χ1v) is 6.81. The SMILES string of the molecule is CCN(CC)CCOCC1CCCC1CN. The van der Waals surface area contributed by atoms with Crippen LogP contribution in [0.3, 0.4) is 0 Å². The third-order valence-electron chi connectivity index (χ3n) is 3.90. The van der Waals surface area contributed by atoms with Gasteiger partial charge >= 0.3 is 0 Å². The van der Waals surface area contributed by atoms with Crippen molar-refractivity contribution in [3.63, 3.8) is 0 Å². The first-order valence-electron chi connectivity index (χ1n) is 6.81. The molecule has 0 aromatic carbocycles. The van der Waals surface area contributed by atoms with Crippen LogP contribution in [-0.2, 0) is 4.74 Å². The first kappa shape index (κ1) is 13.9. The summed E-state index contributed by atoms with van der Waals surface area (Å²) in [5.41, 5.74) is 5.76. The van der Waals surface area contributed by atoms with Gasteiger partial charge in [0.2, 0.25) is 0 Å². The van der Waals surface area contributed by atoms with Crippen molar-refractivity contribution in [1.29, 1.82) is 0 Å². The van der Waals surface area contributed by atoms with Crippen LogP contribution in [-0.4, -0.2) is 44.3 Å². The second kappa shape index (κ2) is 8.04. The molecule has 0 amide bonds. The molecule has 0 heterocycles. The van der Waals surface area contributed by atoms with Gasteiger partial charge in [-0.25, -0.2) is 0 Å². The van der Waals surface area contributed by atoms with Crippen LogP contribution >= 0.6 is 0 Å². The minimum atomic E-state index is 0.716. The zero-order chi connectivity index (χ0) is 11.8. The molecule has 2 unspecified atom stereocenters. The number of nitrogens with zero attached hydrogens (tertiary/aromatic N) is 1. The lowest BCUT2D eigenvalue weighted by Crippen LogP contribution is -2.28. The van der Waals surface area contributed by atoms with Crippen molar-refractivity contribution < 1.29 is 4.74 Å². The molecule has 1 aliphatic carbocycles. The topological polar surface area (TPSA) is 38.5 Å². The molecule has 3 nitrogen and oxygen atoms in total. The summed E-state index contributed by atoms with van der Waals surface area (Å²) in [6.07, 6.45) is 3.96. The van der Waals surface area contributed by atoms with Gasteiger partial charge in [-0.15, -0.1) is 0 Å². The number of nitrogens with two attached hydrogens (primary N) is 1. The average Bonchev–Trinajstić information content (AvgIpc) is 2.77. The molecule has 0 spiro atoms. The predicted octanol–water partition coefficient (Wildman–Crippen LogP) is 1.72. The molecule has 2 atom stereocenters. The van der Waals surface area contributed by atoms with E-state index < -0.39 is 0 Å². The maximum Gasteiger partial charge on any atom is 0.0593 e. The predicted molar refractivity (Wildman–Crippen MR) is 68.5 cm³/mol. The van der Waals surface area contributed by atoms with Gasteiger partial charge < -0.3 is 15.4 Å². The molecule has 0 aliphatic heterocycles. The van der Waals surface area contributed by atoms with Gasteiger partial charge in [0.1, 0.15) is 0 Å². The van der Waals surface area contributed by atoms with Gasteiger partial charge in [-0.2, -0.15) is 0 Å². The van der Waals surface area contributed by atoms with E-state index in [0.717, 1.165) is 45.3 Å². The summed E-state index contributed by atoms with van der Waals surface area (Å²) in [7, 11) is 0. The monoisotopic (exact) mass is 228 g/mol. The van der Waals surface area contributed by atoms with Crippen LogP contribution in [0.1, 0.15) is 33.1 Å². The highest BCUT2D eigenvalue weighted by Crippen LogP contribution is 2.30. The standard InChI is InChI=1S/C13H28N2O/c1-3-15(4-2)8-9-16-11-13-7-5-6-12(13)10-14/h12-13H,3-11,14H2,1-2H3. The van der Waals surface area contributed by atoms with Gasteiger partial charge in [-0.3, -0.25) is 0 Å². The van der Waals surface area contributed by atoms with E-state index in [1.807, 2.05) is 0 Å². The Balaban J connectivity index is 2.06. The Kier molecular flexibility index (Phi) is 7.01. The molecular weight excluding hydrogens is 200 g/mol. The lowest BCUT2D eigenvalue weighted by Gasteiger charge is -2.20. The van der Waals surface area contributed by atoms with Crippen LogP contribution in [0.25, 0.3) is 0 Å². The lowest BCUT2D eigenvalue weighted by atomic mass is 9.97. The van der Waals surface area contributed by atoms with E-state index in [2.05, 4.69) is 18.7 Å². The van der Waals surface area contributed by atoms with Crippen molar-refractivity contribution in [2.24, 2.45) is 17.6 Å². The lowest BCUT2D eigenvalue weighted by molar-refractivity contribution is 0.0700. The summed E-state index contributed by atoms with van der Waals surface area (Å²) in [4.78, 5) is 2.40.